The summed E-state index contributed by atoms with van der Waals surface area (Å²) in [4.78, 5) is 15.0. The van der Waals surface area contributed by atoms with Crippen LogP contribution in [0.5, 0.6) is 0 Å². The van der Waals surface area contributed by atoms with Gasteiger partial charge in [-0.3, -0.25) is 4.79 Å². The molecular formula is C19H25ClN4O. The summed E-state index contributed by atoms with van der Waals surface area (Å²) in [5.74, 6) is 0.0695. The molecule has 0 saturated carbocycles. The molecule has 2 N–H and O–H groups in total. The lowest BCUT2D eigenvalue weighted by Gasteiger charge is -2.22. The Morgan fingerprint density at radius 3 is 2.72 bits per heavy atom. The molecule has 0 radical (unpaired) electrons. The van der Waals surface area contributed by atoms with Crippen molar-refractivity contribution in [1.82, 2.24) is 14.7 Å². The molecule has 2 aliphatic rings. The van der Waals surface area contributed by atoms with Crippen LogP contribution < -0.4 is 5.73 Å². The topological polar surface area (TPSA) is 64.2 Å². The number of likely N-dealkylation sites (tertiary alicyclic amines) is 1. The highest BCUT2D eigenvalue weighted by molar-refractivity contribution is 5.94. The van der Waals surface area contributed by atoms with Crippen molar-refractivity contribution in [2.24, 2.45) is 11.1 Å². The molecule has 25 heavy (non-hydrogen) atoms. The maximum absolute atomic E-state index is 13.1. The number of hydrogen-bond acceptors (Lipinski definition) is 3. The highest BCUT2D eigenvalue weighted by Gasteiger charge is 2.37. The molecule has 1 atom stereocenters. The first kappa shape index (κ1) is 18.0. The number of nitrogens with zero attached hydrogens (tertiary/aromatic N) is 3. The number of fused-ring (bicyclic) bond motifs is 1. The Balaban J connectivity index is 0.00000182. The smallest absolute Gasteiger partial charge is 0.274 e. The van der Waals surface area contributed by atoms with E-state index in [9.17, 15) is 4.79 Å². The number of aromatic nitrogens is 2. The van der Waals surface area contributed by atoms with Crippen LogP contribution in [0.25, 0.3) is 5.69 Å². The number of carbonyl (C=O) groups excluding carboxylic acids is 1. The fourth-order valence-corrected chi connectivity index (χ4v) is 3.91. The highest BCUT2D eigenvalue weighted by atomic mass is 35.5. The molecule has 1 saturated heterocycles. The predicted molar refractivity (Wildman–Crippen MR) is 101 cm³/mol. The normalized spacial score (nSPS) is 21.9. The number of hydrogen-bond donors (Lipinski definition) is 1. The van der Waals surface area contributed by atoms with Crippen LogP contribution in [-0.4, -0.2) is 40.2 Å². The number of amides is 1. The van der Waals surface area contributed by atoms with Gasteiger partial charge in [-0.15, -0.1) is 12.4 Å². The molecular weight excluding hydrogens is 336 g/mol. The minimum absolute atomic E-state index is 0. The molecule has 1 unspecified atom stereocenters. The standard InChI is InChI=1S/C19H24N4O.ClH/c1-19(12-20)10-11-22(13-19)18(24)17-15-8-5-9-16(15)23(21-17)14-6-3-2-4-7-14;/h2-4,6-7H,5,8-13,20H2,1H3;1H. The van der Waals surface area contributed by atoms with Gasteiger partial charge in [0.15, 0.2) is 5.69 Å². The summed E-state index contributed by atoms with van der Waals surface area (Å²) in [6.07, 6.45) is 4.01. The summed E-state index contributed by atoms with van der Waals surface area (Å²) in [7, 11) is 0. The average molecular weight is 361 g/mol. The van der Waals surface area contributed by atoms with Crippen molar-refractivity contribution in [3.05, 3.63) is 47.3 Å². The maximum Gasteiger partial charge on any atom is 0.274 e. The fourth-order valence-electron chi connectivity index (χ4n) is 3.91. The van der Waals surface area contributed by atoms with Gasteiger partial charge in [-0.2, -0.15) is 5.10 Å². The average Bonchev–Trinajstić information content (AvgIpc) is 3.30. The van der Waals surface area contributed by atoms with E-state index in [1.165, 1.54) is 5.69 Å². The van der Waals surface area contributed by atoms with E-state index < -0.39 is 0 Å². The van der Waals surface area contributed by atoms with E-state index in [-0.39, 0.29) is 23.7 Å². The molecule has 2 aromatic rings. The molecule has 0 spiro atoms. The lowest BCUT2D eigenvalue weighted by Crippen LogP contribution is -2.35. The summed E-state index contributed by atoms with van der Waals surface area (Å²) >= 11 is 0. The first-order chi connectivity index (χ1) is 11.6. The van der Waals surface area contributed by atoms with Crippen LogP contribution in [0, 0.1) is 5.41 Å². The van der Waals surface area contributed by atoms with Gasteiger partial charge in [0, 0.05) is 24.3 Å². The van der Waals surface area contributed by atoms with Crippen LogP contribution in [0.15, 0.2) is 30.3 Å². The van der Waals surface area contributed by atoms with Crippen LogP contribution in [0.4, 0.5) is 0 Å². The zero-order chi connectivity index (χ0) is 16.7. The third-order valence-electron chi connectivity index (χ3n) is 5.47. The number of halogens is 1. The number of para-hydroxylation sites is 1. The molecule has 0 bridgehead atoms. The zero-order valence-electron chi connectivity index (χ0n) is 14.6. The number of rotatable bonds is 3. The number of carbonyl (C=O) groups is 1. The Labute approximate surface area is 154 Å². The molecule has 1 aliphatic carbocycles. The van der Waals surface area contributed by atoms with Crippen molar-refractivity contribution in [3.63, 3.8) is 0 Å². The third kappa shape index (κ3) is 3.07. The van der Waals surface area contributed by atoms with Gasteiger partial charge < -0.3 is 10.6 Å². The van der Waals surface area contributed by atoms with Gasteiger partial charge in [-0.25, -0.2) is 4.68 Å². The third-order valence-corrected chi connectivity index (χ3v) is 5.47. The van der Waals surface area contributed by atoms with E-state index in [0.717, 1.165) is 50.0 Å². The van der Waals surface area contributed by atoms with Gasteiger partial charge in [0.1, 0.15) is 0 Å². The van der Waals surface area contributed by atoms with Crippen molar-refractivity contribution in [1.29, 1.82) is 0 Å². The summed E-state index contributed by atoms with van der Waals surface area (Å²) in [5, 5.41) is 4.71. The van der Waals surface area contributed by atoms with E-state index in [1.54, 1.807) is 0 Å². The Morgan fingerprint density at radius 1 is 1.28 bits per heavy atom. The minimum atomic E-state index is 0. The van der Waals surface area contributed by atoms with Gasteiger partial charge in [0.05, 0.1) is 5.69 Å². The Bertz CT molecular complexity index is 773. The van der Waals surface area contributed by atoms with E-state index in [0.29, 0.717) is 12.2 Å². The van der Waals surface area contributed by atoms with Crippen LogP contribution in [0.1, 0.15) is 41.5 Å². The molecule has 1 amide bonds. The molecule has 5 nitrogen and oxygen atoms in total. The van der Waals surface area contributed by atoms with E-state index in [2.05, 4.69) is 6.92 Å². The van der Waals surface area contributed by atoms with Crippen molar-refractivity contribution in [3.8, 4) is 5.69 Å². The van der Waals surface area contributed by atoms with E-state index in [4.69, 9.17) is 10.8 Å². The molecule has 1 aliphatic heterocycles. The summed E-state index contributed by atoms with van der Waals surface area (Å²) in [6.45, 7) is 4.29. The van der Waals surface area contributed by atoms with Gasteiger partial charge in [-0.1, -0.05) is 25.1 Å². The molecule has 2 heterocycles. The van der Waals surface area contributed by atoms with E-state index >= 15 is 0 Å². The Morgan fingerprint density at radius 2 is 2.04 bits per heavy atom. The second kappa shape index (κ2) is 6.81. The first-order valence-electron chi connectivity index (χ1n) is 8.77. The van der Waals surface area contributed by atoms with Crippen molar-refractivity contribution < 1.29 is 4.79 Å². The predicted octanol–water partition coefficient (Wildman–Crippen LogP) is 2.59. The molecule has 1 aromatic carbocycles. The van der Waals surface area contributed by atoms with Gasteiger partial charge in [0.2, 0.25) is 0 Å². The maximum atomic E-state index is 13.1. The molecule has 6 heteroatoms. The SMILES string of the molecule is CC1(CN)CCN(C(=O)c2nn(-c3ccccc3)c3c2CCC3)C1.Cl. The molecule has 134 valence electrons. The zero-order valence-corrected chi connectivity index (χ0v) is 15.4. The number of nitrogens with two attached hydrogens (primary N) is 1. The molecule has 4 rings (SSSR count). The van der Waals surface area contributed by atoms with E-state index in [1.807, 2.05) is 39.9 Å². The number of benzene rings is 1. The minimum Gasteiger partial charge on any atom is -0.337 e. The second-order valence-corrected chi connectivity index (χ2v) is 7.37. The second-order valence-electron chi connectivity index (χ2n) is 7.37. The largest absolute Gasteiger partial charge is 0.337 e. The van der Waals surface area contributed by atoms with Crippen LogP contribution in [-0.2, 0) is 12.8 Å². The lowest BCUT2D eigenvalue weighted by molar-refractivity contribution is 0.0769. The molecule has 1 fully saturated rings. The quantitative estimate of drug-likeness (QED) is 0.915. The van der Waals surface area contributed by atoms with Crippen LogP contribution >= 0.6 is 12.4 Å². The Kier molecular flexibility index (Phi) is 4.89. The van der Waals surface area contributed by atoms with Crippen LogP contribution in [0.2, 0.25) is 0 Å². The van der Waals surface area contributed by atoms with Gasteiger partial charge in [-0.05, 0) is 49.8 Å². The summed E-state index contributed by atoms with van der Waals surface area (Å²) in [5.41, 5.74) is 9.94. The Hall–Kier alpha value is -1.85. The van der Waals surface area contributed by atoms with Crippen molar-refractivity contribution in [2.45, 2.75) is 32.6 Å². The monoisotopic (exact) mass is 360 g/mol. The highest BCUT2D eigenvalue weighted by Crippen LogP contribution is 2.32. The fraction of sp³-hybridized carbons (Fsp3) is 0.474. The van der Waals surface area contributed by atoms with Crippen molar-refractivity contribution in [2.75, 3.05) is 19.6 Å². The summed E-state index contributed by atoms with van der Waals surface area (Å²) in [6, 6.07) is 10.1. The lowest BCUT2D eigenvalue weighted by atomic mass is 9.90. The van der Waals surface area contributed by atoms with Gasteiger partial charge in [0.25, 0.3) is 5.91 Å². The summed E-state index contributed by atoms with van der Waals surface area (Å²) < 4.78 is 1.97. The van der Waals surface area contributed by atoms with Crippen LogP contribution in [0.3, 0.4) is 0 Å². The van der Waals surface area contributed by atoms with Gasteiger partial charge >= 0.3 is 0 Å². The van der Waals surface area contributed by atoms with Crippen molar-refractivity contribution >= 4 is 18.3 Å². The molecule has 1 aromatic heterocycles. The first-order valence-corrected chi connectivity index (χ1v) is 8.77.